The Morgan fingerprint density at radius 2 is 1.52 bits per heavy atom. The van der Waals surface area contributed by atoms with Gasteiger partial charge in [-0.3, -0.25) is 35.1 Å². The van der Waals surface area contributed by atoms with Crippen molar-refractivity contribution in [1.82, 2.24) is 9.97 Å². The Bertz CT molecular complexity index is 1260. The molecule has 0 bridgehead atoms. The zero-order valence-electron chi connectivity index (χ0n) is 15.3. The number of sulfonamides is 1. The SMILES string of the molecule is O=C(Nc1ncccn1)c1cc([N+](=O)[O-])cc(S(=O)(=O)Nc2ccc([N+](=O)[O-])cc2)c1. The van der Waals surface area contributed by atoms with Gasteiger partial charge in [-0.15, -0.1) is 0 Å². The van der Waals surface area contributed by atoms with Crippen molar-refractivity contribution in [2.24, 2.45) is 0 Å². The van der Waals surface area contributed by atoms with Crippen molar-refractivity contribution in [2.75, 3.05) is 10.0 Å². The molecule has 0 saturated heterocycles. The minimum Gasteiger partial charge on any atom is -0.290 e. The summed E-state index contributed by atoms with van der Waals surface area (Å²) in [5.74, 6) is -0.936. The molecule has 2 N–H and O–H groups in total. The van der Waals surface area contributed by atoms with Crippen LogP contribution in [0.15, 0.2) is 65.8 Å². The van der Waals surface area contributed by atoms with Crippen LogP contribution in [0.4, 0.5) is 23.0 Å². The van der Waals surface area contributed by atoms with Crippen LogP contribution >= 0.6 is 0 Å². The molecule has 14 heteroatoms. The number of nitrogens with zero attached hydrogens (tertiary/aromatic N) is 4. The number of nitro benzene ring substituents is 2. The molecule has 1 heterocycles. The quantitative estimate of drug-likeness (QED) is 0.407. The highest BCUT2D eigenvalue weighted by molar-refractivity contribution is 7.92. The monoisotopic (exact) mass is 444 g/mol. The lowest BCUT2D eigenvalue weighted by Crippen LogP contribution is -2.17. The second kappa shape index (κ2) is 8.50. The van der Waals surface area contributed by atoms with Crippen molar-refractivity contribution in [2.45, 2.75) is 4.90 Å². The second-order valence-electron chi connectivity index (χ2n) is 5.91. The first kappa shape index (κ1) is 21.3. The number of rotatable bonds is 7. The summed E-state index contributed by atoms with van der Waals surface area (Å²) in [4.78, 5) is 39.9. The van der Waals surface area contributed by atoms with E-state index in [9.17, 15) is 33.4 Å². The molecule has 3 aromatic rings. The van der Waals surface area contributed by atoms with Gasteiger partial charge in [0, 0.05) is 47.9 Å². The summed E-state index contributed by atoms with van der Waals surface area (Å²) in [5.41, 5.74) is -1.21. The van der Waals surface area contributed by atoms with Crippen LogP contribution < -0.4 is 10.0 Å². The molecular weight excluding hydrogens is 432 g/mol. The van der Waals surface area contributed by atoms with E-state index in [1.165, 1.54) is 18.5 Å². The number of hydrogen-bond donors (Lipinski definition) is 2. The van der Waals surface area contributed by atoms with Crippen molar-refractivity contribution in [3.05, 3.63) is 86.7 Å². The Morgan fingerprint density at radius 1 is 0.903 bits per heavy atom. The van der Waals surface area contributed by atoms with E-state index in [1.807, 2.05) is 0 Å². The molecule has 158 valence electrons. The van der Waals surface area contributed by atoms with Gasteiger partial charge >= 0.3 is 0 Å². The molecule has 31 heavy (non-hydrogen) atoms. The number of nitrogens with one attached hydrogen (secondary N) is 2. The minimum absolute atomic E-state index is 0.0132. The Morgan fingerprint density at radius 3 is 2.10 bits per heavy atom. The van der Waals surface area contributed by atoms with Crippen molar-refractivity contribution in [3.63, 3.8) is 0 Å². The fraction of sp³-hybridized carbons (Fsp3) is 0. The number of carbonyl (C=O) groups is 1. The standard InChI is InChI=1S/C17H12N6O7S/c24-16(20-17-18-6-1-7-19-17)11-8-14(23(27)28)10-15(9-11)31(29,30)21-12-2-4-13(5-3-12)22(25)26/h1-10,21H,(H,18,19,20,24). The normalized spacial score (nSPS) is 10.8. The van der Waals surface area contributed by atoms with Crippen molar-refractivity contribution in [1.29, 1.82) is 0 Å². The van der Waals surface area contributed by atoms with E-state index in [0.29, 0.717) is 0 Å². The van der Waals surface area contributed by atoms with Gasteiger partial charge in [0.25, 0.3) is 27.3 Å². The van der Waals surface area contributed by atoms with Gasteiger partial charge in [0.15, 0.2) is 0 Å². The van der Waals surface area contributed by atoms with Gasteiger partial charge in [-0.05, 0) is 24.3 Å². The number of hydrogen-bond acceptors (Lipinski definition) is 9. The third-order valence-electron chi connectivity index (χ3n) is 3.80. The summed E-state index contributed by atoms with van der Waals surface area (Å²) < 4.78 is 27.6. The van der Waals surface area contributed by atoms with Crippen molar-refractivity contribution < 1.29 is 23.1 Å². The molecule has 1 aromatic heterocycles. The zero-order valence-corrected chi connectivity index (χ0v) is 16.1. The molecule has 13 nitrogen and oxygen atoms in total. The number of aromatic nitrogens is 2. The number of amides is 1. The molecule has 0 aliphatic rings. The van der Waals surface area contributed by atoms with Crippen LogP contribution in [0.1, 0.15) is 10.4 Å². The summed E-state index contributed by atoms with van der Waals surface area (Å²) in [5, 5.41) is 24.3. The fourth-order valence-corrected chi connectivity index (χ4v) is 3.50. The molecular formula is C17H12N6O7S. The molecule has 2 aromatic carbocycles. The number of carbonyl (C=O) groups excluding carboxylic acids is 1. The second-order valence-corrected chi connectivity index (χ2v) is 7.59. The fourth-order valence-electron chi connectivity index (χ4n) is 2.38. The topological polar surface area (TPSA) is 187 Å². The van der Waals surface area contributed by atoms with E-state index in [0.717, 1.165) is 42.5 Å². The molecule has 1 amide bonds. The van der Waals surface area contributed by atoms with Gasteiger partial charge in [-0.2, -0.15) is 0 Å². The van der Waals surface area contributed by atoms with E-state index < -0.39 is 36.4 Å². The maximum absolute atomic E-state index is 12.7. The van der Waals surface area contributed by atoms with Crippen molar-refractivity contribution >= 4 is 38.9 Å². The van der Waals surface area contributed by atoms with E-state index in [2.05, 4.69) is 20.0 Å². The number of benzene rings is 2. The van der Waals surface area contributed by atoms with Gasteiger partial charge in [0.1, 0.15) is 0 Å². The Kier molecular flexibility index (Phi) is 5.83. The summed E-state index contributed by atoms with van der Waals surface area (Å²) in [6.07, 6.45) is 2.72. The van der Waals surface area contributed by atoms with Crippen LogP contribution in [0, 0.1) is 20.2 Å². The van der Waals surface area contributed by atoms with E-state index in [1.54, 1.807) is 0 Å². The van der Waals surface area contributed by atoms with E-state index in [4.69, 9.17) is 0 Å². The highest BCUT2D eigenvalue weighted by Gasteiger charge is 2.23. The molecule has 0 aliphatic carbocycles. The first-order valence-electron chi connectivity index (χ1n) is 8.31. The predicted octanol–water partition coefficient (Wildman–Crippen LogP) is 2.35. The summed E-state index contributed by atoms with van der Waals surface area (Å²) >= 11 is 0. The van der Waals surface area contributed by atoms with Crippen LogP contribution in [0.5, 0.6) is 0 Å². The molecule has 0 fully saturated rings. The van der Waals surface area contributed by atoms with E-state index in [-0.39, 0.29) is 22.9 Å². The summed E-state index contributed by atoms with van der Waals surface area (Å²) in [6, 6.07) is 8.64. The molecule has 0 unspecified atom stereocenters. The smallest absolute Gasteiger partial charge is 0.271 e. The predicted molar refractivity (Wildman–Crippen MR) is 107 cm³/mol. The molecule has 0 radical (unpaired) electrons. The van der Waals surface area contributed by atoms with Gasteiger partial charge in [-0.25, -0.2) is 18.4 Å². The molecule has 0 spiro atoms. The maximum atomic E-state index is 12.7. The first-order valence-corrected chi connectivity index (χ1v) is 9.79. The van der Waals surface area contributed by atoms with Crippen molar-refractivity contribution in [3.8, 4) is 0 Å². The number of nitro groups is 2. The lowest BCUT2D eigenvalue weighted by molar-refractivity contribution is -0.385. The van der Waals surface area contributed by atoms with E-state index >= 15 is 0 Å². The Balaban J connectivity index is 1.94. The Hall–Kier alpha value is -4.46. The van der Waals surface area contributed by atoms with Gasteiger partial charge in [0.05, 0.1) is 14.7 Å². The molecule has 3 rings (SSSR count). The zero-order chi connectivity index (χ0) is 22.6. The van der Waals surface area contributed by atoms with Crippen LogP contribution in [0.2, 0.25) is 0 Å². The van der Waals surface area contributed by atoms with Gasteiger partial charge < -0.3 is 0 Å². The van der Waals surface area contributed by atoms with Gasteiger partial charge in [-0.1, -0.05) is 0 Å². The average Bonchev–Trinajstić information content (AvgIpc) is 2.74. The Labute approximate surface area is 174 Å². The largest absolute Gasteiger partial charge is 0.290 e. The lowest BCUT2D eigenvalue weighted by Gasteiger charge is -2.10. The van der Waals surface area contributed by atoms with Crippen LogP contribution in [0.25, 0.3) is 0 Å². The van der Waals surface area contributed by atoms with Crippen LogP contribution in [-0.2, 0) is 10.0 Å². The maximum Gasteiger partial charge on any atom is 0.271 e. The third kappa shape index (κ3) is 5.13. The highest BCUT2D eigenvalue weighted by Crippen LogP contribution is 2.24. The molecule has 0 atom stereocenters. The average molecular weight is 444 g/mol. The third-order valence-corrected chi connectivity index (χ3v) is 5.16. The summed E-state index contributed by atoms with van der Waals surface area (Å²) in [6.45, 7) is 0. The summed E-state index contributed by atoms with van der Waals surface area (Å²) in [7, 11) is -4.37. The molecule has 0 saturated carbocycles. The van der Waals surface area contributed by atoms with Gasteiger partial charge in [0.2, 0.25) is 5.95 Å². The van der Waals surface area contributed by atoms with Crippen LogP contribution in [0.3, 0.4) is 0 Å². The molecule has 0 aliphatic heterocycles. The lowest BCUT2D eigenvalue weighted by atomic mass is 10.2. The highest BCUT2D eigenvalue weighted by atomic mass is 32.2. The first-order chi connectivity index (χ1) is 14.7. The van der Waals surface area contributed by atoms with Crippen LogP contribution in [-0.4, -0.2) is 34.1 Å². The number of non-ortho nitro benzene ring substituents is 2. The number of anilines is 2. The minimum atomic E-state index is -4.37.